The summed E-state index contributed by atoms with van der Waals surface area (Å²) in [5.41, 5.74) is 4.77. The predicted molar refractivity (Wildman–Crippen MR) is 111 cm³/mol. The van der Waals surface area contributed by atoms with E-state index in [1.807, 2.05) is 35.9 Å². The third-order valence-electron chi connectivity index (χ3n) is 5.58. The van der Waals surface area contributed by atoms with Crippen molar-refractivity contribution in [1.82, 2.24) is 19.7 Å². The standard InChI is InChI=1S/C23H20N4O2/c1-15-13-27-20(14-26(15)23(28)29)21(17-8-10-24-11-9-17)22(25-27)19-7-6-16-4-2-3-5-18(16)12-19/h2-12,15H,13-14H2,1H3,(H,28,29). The van der Waals surface area contributed by atoms with E-state index in [2.05, 4.69) is 35.3 Å². The second-order valence-electron chi connectivity index (χ2n) is 7.41. The van der Waals surface area contributed by atoms with Crippen molar-refractivity contribution in [1.29, 1.82) is 0 Å². The number of carbonyl (C=O) groups is 1. The third kappa shape index (κ3) is 2.93. The van der Waals surface area contributed by atoms with Crippen molar-refractivity contribution in [3.05, 3.63) is 72.7 Å². The molecule has 1 amide bonds. The van der Waals surface area contributed by atoms with Gasteiger partial charge in [-0.05, 0) is 41.5 Å². The van der Waals surface area contributed by atoms with E-state index in [9.17, 15) is 9.90 Å². The number of fused-ring (bicyclic) bond motifs is 2. The van der Waals surface area contributed by atoms with Crippen LogP contribution in [0.2, 0.25) is 0 Å². The van der Waals surface area contributed by atoms with Crippen LogP contribution < -0.4 is 0 Å². The fourth-order valence-corrected chi connectivity index (χ4v) is 4.09. The molecule has 0 fully saturated rings. The summed E-state index contributed by atoms with van der Waals surface area (Å²) in [6, 6.07) is 18.3. The summed E-state index contributed by atoms with van der Waals surface area (Å²) in [5, 5.41) is 16.9. The molecule has 0 aliphatic carbocycles. The molecule has 5 rings (SSSR count). The number of rotatable bonds is 2. The summed E-state index contributed by atoms with van der Waals surface area (Å²) in [4.78, 5) is 17.3. The van der Waals surface area contributed by atoms with Gasteiger partial charge < -0.3 is 5.11 Å². The lowest BCUT2D eigenvalue weighted by atomic mass is 9.97. The first kappa shape index (κ1) is 17.4. The van der Waals surface area contributed by atoms with E-state index < -0.39 is 6.09 Å². The molecule has 0 spiro atoms. The maximum atomic E-state index is 11.7. The Morgan fingerprint density at radius 3 is 2.55 bits per heavy atom. The third-order valence-corrected chi connectivity index (χ3v) is 5.58. The molecule has 1 aliphatic rings. The zero-order valence-electron chi connectivity index (χ0n) is 16.0. The topological polar surface area (TPSA) is 71.2 Å². The fourth-order valence-electron chi connectivity index (χ4n) is 4.09. The van der Waals surface area contributed by atoms with Crippen molar-refractivity contribution in [2.45, 2.75) is 26.1 Å². The number of hydrogen-bond acceptors (Lipinski definition) is 3. The number of hydrogen-bond donors (Lipinski definition) is 1. The SMILES string of the molecule is CC1Cn2nc(-c3ccc4ccccc4c3)c(-c3ccncc3)c2CN1C(=O)O. The van der Waals surface area contributed by atoms with Crippen LogP contribution in [0.5, 0.6) is 0 Å². The van der Waals surface area contributed by atoms with Gasteiger partial charge in [-0.25, -0.2) is 4.79 Å². The molecule has 6 heteroatoms. The van der Waals surface area contributed by atoms with E-state index in [1.165, 1.54) is 10.3 Å². The lowest BCUT2D eigenvalue weighted by molar-refractivity contribution is 0.105. The van der Waals surface area contributed by atoms with Crippen LogP contribution in [-0.2, 0) is 13.1 Å². The molecule has 6 nitrogen and oxygen atoms in total. The van der Waals surface area contributed by atoms with Crippen LogP contribution in [0.15, 0.2) is 67.0 Å². The largest absolute Gasteiger partial charge is 0.465 e. The van der Waals surface area contributed by atoms with Crippen LogP contribution >= 0.6 is 0 Å². The Hall–Kier alpha value is -3.67. The van der Waals surface area contributed by atoms with Gasteiger partial charge in [0.05, 0.1) is 24.8 Å². The number of benzene rings is 2. The zero-order chi connectivity index (χ0) is 20.0. The van der Waals surface area contributed by atoms with Gasteiger partial charge in [0.15, 0.2) is 0 Å². The number of nitrogens with zero attached hydrogens (tertiary/aromatic N) is 4. The molecule has 2 aromatic carbocycles. The molecule has 1 unspecified atom stereocenters. The predicted octanol–water partition coefficient (Wildman–Crippen LogP) is 4.65. The normalized spacial score (nSPS) is 16.0. The van der Waals surface area contributed by atoms with Crippen LogP contribution in [0.4, 0.5) is 4.79 Å². The molecule has 1 atom stereocenters. The quantitative estimate of drug-likeness (QED) is 0.546. The molecule has 2 aromatic heterocycles. The van der Waals surface area contributed by atoms with Gasteiger partial charge in [-0.1, -0.05) is 36.4 Å². The van der Waals surface area contributed by atoms with E-state index in [0.29, 0.717) is 13.1 Å². The van der Waals surface area contributed by atoms with Crippen LogP contribution in [0, 0.1) is 0 Å². The van der Waals surface area contributed by atoms with Crippen molar-refractivity contribution in [3.63, 3.8) is 0 Å². The van der Waals surface area contributed by atoms with Crippen molar-refractivity contribution in [2.75, 3.05) is 0 Å². The summed E-state index contributed by atoms with van der Waals surface area (Å²) >= 11 is 0. The molecular weight excluding hydrogens is 364 g/mol. The van der Waals surface area contributed by atoms with Crippen molar-refractivity contribution in [2.24, 2.45) is 0 Å². The molecule has 0 radical (unpaired) electrons. The molecule has 3 heterocycles. The smallest absolute Gasteiger partial charge is 0.407 e. The van der Waals surface area contributed by atoms with Crippen molar-refractivity contribution < 1.29 is 9.90 Å². The molecule has 144 valence electrons. The highest BCUT2D eigenvalue weighted by Gasteiger charge is 2.31. The second kappa shape index (κ2) is 6.74. The molecule has 1 aliphatic heterocycles. The summed E-state index contributed by atoms with van der Waals surface area (Å²) in [6.45, 7) is 2.77. The van der Waals surface area contributed by atoms with Crippen LogP contribution in [0.25, 0.3) is 33.2 Å². The van der Waals surface area contributed by atoms with Gasteiger partial charge in [-0.3, -0.25) is 14.6 Å². The lowest BCUT2D eigenvalue weighted by Gasteiger charge is -2.32. The van der Waals surface area contributed by atoms with E-state index in [-0.39, 0.29) is 6.04 Å². The molecule has 0 saturated heterocycles. The summed E-state index contributed by atoms with van der Waals surface area (Å²) in [6.07, 6.45) is 2.60. The molecule has 0 bridgehead atoms. The lowest BCUT2D eigenvalue weighted by Crippen LogP contribution is -2.44. The Balaban J connectivity index is 1.73. The maximum absolute atomic E-state index is 11.7. The van der Waals surface area contributed by atoms with E-state index in [0.717, 1.165) is 33.5 Å². The van der Waals surface area contributed by atoms with Crippen LogP contribution in [-0.4, -0.2) is 36.9 Å². The van der Waals surface area contributed by atoms with E-state index in [1.54, 1.807) is 12.4 Å². The molecule has 29 heavy (non-hydrogen) atoms. The van der Waals surface area contributed by atoms with Gasteiger partial charge in [0.1, 0.15) is 5.69 Å². The average molecular weight is 384 g/mol. The Bertz CT molecular complexity index is 1220. The highest BCUT2D eigenvalue weighted by molar-refractivity contribution is 5.90. The Morgan fingerprint density at radius 2 is 1.79 bits per heavy atom. The number of amides is 1. The second-order valence-corrected chi connectivity index (χ2v) is 7.41. The summed E-state index contributed by atoms with van der Waals surface area (Å²) in [5.74, 6) is 0. The first-order chi connectivity index (χ1) is 14.1. The number of aromatic nitrogens is 3. The minimum Gasteiger partial charge on any atom is -0.465 e. The van der Waals surface area contributed by atoms with Crippen molar-refractivity contribution in [3.8, 4) is 22.4 Å². The Kier molecular flexibility index (Phi) is 4.05. The summed E-state index contributed by atoms with van der Waals surface area (Å²) < 4.78 is 1.96. The highest BCUT2D eigenvalue weighted by atomic mass is 16.4. The first-order valence-electron chi connectivity index (χ1n) is 9.60. The molecule has 4 aromatic rings. The van der Waals surface area contributed by atoms with Gasteiger partial charge in [-0.15, -0.1) is 0 Å². The molecular formula is C23H20N4O2. The monoisotopic (exact) mass is 384 g/mol. The van der Waals surface area contributed by atoms with Gasteiger partial charge >= 0.3 is 6.09 Å². The summed E-state index contributed by atoms with van der Waals surface area (Å²) in [7, 11) is 0. The van der Waals surface area contributed by atoms with Gasteiger partial charge in [0, 0.05) is 23.5 Å². The average Bonchev–Trinajstić information content (AvgIpc) is 3.11. The van der Waals surface area contributed by atoms with Gasteiger partial charge in [0.2, 0.25) is 0 Å². The zero-order valence-corrected chi connectivity index (χ0v) is 16.0. The minimum atomic E-state index is -0.905. The van der Waals surface area contributed by atoms with Gasteiger partial charge in [-0.2, -0.15) is 5.10 Å². The Morgan fingerprint density at radius 1 is 1.03 bits per heavy atom. The Labute approximate surface area is 168 Å². The van der Waals surface area contributed by atoms with Crippen LogP contribution in [0.3, 0.4) is 0 Å². The van der Waals surface area contributed by atoms with Gasteiger partial charge in [0.25, 0.3) is 0 Å². The van der Waals surface area contributed by atoms with Crippen LogP contribution in [0.1, 0.15) is 12.6 Å². The number of carboxylic acid groups (broad SMARTS) is 1. The molecule has 1 N–H and O–H groups in total. The fraction of sp³-hybridized carbons (Fsp3) is 0.174. The van der Waals surface area contributed by atoms with Crippen molar-refractivity contribution >= 4 is 16.9 Å². The number of pyridine rings is 1. The van der Waals surface area contributed by atoms with E-state index >= 15 is 0 Å². The van der Waals surface area contributed by atoms with E-state index in [4.69, 9.17) is 5.10 Å². The molecule has 0 saturated carbocycles. The highest BCUT2D eigenvalue weighted by Crippen LogP contribution is 2.38. The minimum absolute atomic E-state index is 0.130. The first-order valence-corrected chi connectivity index (χ1v) is 9.60. The maximum Gasteiger partial charge on any atom is 0.407 e.